The molecule has 2 atom stereocenters. The van der Waals surface area contributed by atoms with E-state index in [1.165, 1.54) is 17.8 Å². The van der Waals surface area contributed by atoms with Gasteiger partial charge in [-0.3, -0.25) is 4.79 Å². The van der Waals surface area contributed by atoms with Crippen LogP contribution in [0.1, 0.15) is 46.3 Å². The Morgan fingerprint density at radius 2 is 2.33 bits per heavy atom. The zero-order valence-electron chi connectivity index (χ0n) is 12.2. The Labute approximate surface area is 127 Å². The molecule has 0 spiro atoms. The van der Waals surface area contributed by atoms with Crippen molar-refractivity contribution in [1.82, 2.24) is 9.88 Å². The van der Waals surface area contributed by atoms with Gasteiger partial charge in [0.25, 0.3) is 5.91 Å². The van der Waals surface area contributed by atoms with Crippen LogP contribution in [0.3, 0.4) is 0 Å². The maximum atomic E-state index is 12.3. The predicted octanol–water partition coefficient (Wildman–Crippen LogP) is 2.59. The average molecular weight is 305 g/mol. The number of amides is 1. The Hall–Kier alpha value is -1.66. The first-order valence-electron chi connectivity index (χ1n) is 7.07. The molecule has 21 heavy (non-hydrogen) atoms. The summed E-state index contributed by atoms with van der Waals surface area (Å²) in [5.74, 6) is 3.02. The number of rotatable bonds is 5. The number of carbonyl (C=O) groups excluding carboxylic acids is 1. The average Bonchev–Trinajstić information content (AvgIpc) is 2.92. The third-order valence-corrected chi connectivity index (χ3v) is 4.71. The summed E-state index contributed by atoms with van der Waals surface area (Å²) in [6.07, 6.45) is 1.20. The van der Waals surface area contributed by atoms with Crippen LogP contribution in [0, 0.1) is 5.92 Å². The van der Waals surface area contributed by atoms with Crippen LogP contribution in [-0.2, 0) is 13.1 Å². The molecule has 2 N–H and O–H groups in total. The van der Waals surface area contributed by atoms with Gasteiger partial charge in [-0.1, -0.05) is 6.92 Å². The fourth-order valence-electron chi connectivity index (χ4n) is 2.40. The van der Waals surface area contributed by atoms with E-state index in [-0.39, 0.29) is 5.91 Å². The fraction of sp³-hybridized carbons (Fsp3) is 0.467. The minimum absolute atomic E-state index is 0.108. The Morgan fingerprint density at radius 1 is 1.57 bits per heavy atom. The van der Waals surface area contributed by atoms with Gasteiger partial charge in [-0.25, -0.2) is 4.98 Å². The van der Waals surface area contributed by atoms with E-state index in [2.05, 4.69) is 11.9 Å². The summed E-state index contributed by atoms with van der Waals surface area (Å²) in [5, 5.41) is 2.52. The van der Waals surface area contributed by atoms with Crippen molar-refractivity contribution >= 4 is 17.2 Å². The molecule has 0 radical (unpaired) electrons. The van der Waals surface area contributed by atoms with Crippen molar-refractivity contribution in [3.63, 3.8) is 0 Å². The molecule has 1 aliphatic carbocycles. The van der Waals surface area contributed by atoms with Crippen LogP contribution >= 0.6 is 11.3 Å². The van der Waals surface area contributed by atoms with Crippen LogP contribution in [0.5, 0.6) is 0 Å². The lowest BCUT2D eigenvalue weighted by atomic mass is 10.3. The second kappa shape index (κ2) is 5.61. The van der Waals surface area contributed by atoms with Crippen LogP contribution in [0.4, 0.5) is 0 Å². The molecule has 2 heterocycles. The van der Waals surface area contributed by atoms with Gasteiger partial charge in [-0.05, 0) is 24.5 Å². The van der Waals surface area contributed by atoms with Crippen molar-refractivity contribution in [2.24, 2.45) is 11.7 Å². The number of hydrogen-bond donors (Lipinski definition) is 1. The van der Waals surface area contributed by atoms with E-state index in [4.69, 9.17) is 10.2 Å². The van der Waals surface area contributed by atoms with E-state index < -0.39 is 0 Å². The van der Waals surface area contributed by atoms with Gasteiger partial charge in [0, 0.05) is 24.9 Å². The van der Waals surface area contributed by atoms with Gasteiger partial charge in [0.05, 0.1) is 6.54 Å². The van der Waals surface area contributed by atoms with E-state index in [1.54, 1.807) is 17.3 Å². The number of hydrogen-bond acceptors (Lipinski definition) is 5. The van der Waals surface area contributed by atoms with Crippen molar-refractivity contribution in [3.05, 3.63) is 39.7 Å². The molecule has 112 valence electrons. The zero-order chi connectivity index (χ0) is 15.0. The summed E-state index contributed by atoms with van der Waals surface area (Å²) >= 11 is 1.41. The molecule has 5 nitrogen and oxygen atoms in total. The molecule has 2 aromatic rings. The van der Waals surface area contributed by atoms with Gasteiger partial charge >= 0.3 is 0 Å². The second-order valence-electron chi connectivity index (χ2n) is 5.62. The van der Waals surface area contributed by atoms with Crippen LogP contribution in [-0.4, -0.2) is 22.8 Å². The Kier molecular flexibility index (Phi) is 3.82. The molecule has 1 fully saturated rings. The summed E-state index contributed by atoms with van der Waals surface area (Å²) in [6.45, 7) is 3.04. The monoisotopic (exact) mass is 305 g/mol. The van der Waals surface area contributed by atoms with Crippen LogP contribution in [0.15, 0.2) is 21.9 Å². The van der Waals surface area contributed by atoms with Gasteiger partial charge in [0.1, 0.15) is 22.2 Å². The highest BCUT2D eigenvalue weighted by Gasteiger charge is 2.36. The maximum absolute atomic E-state index is 12.3. The summed E-state index contributed by atoms with van der Waals surface area (Å²) in [4.78, 5) is 18.1. The van der Waals surface area contributed by atoms with Gasteiger partial charge in [-0.2, -0.15) is 0 Å². The van der Waals surface area contributed by atoms with Crippen molar-refractivity contribution in [1.29, 1.82) is 0 Å². The Morgan fingerprint density at radius 3 is 2.95 bits per heavy atom. The Bertz CT molecular complexity index is 649. The molecule has 2 aromatic heterocycles. The summed E-state index contributed by atoms with van der Waals surface area (Å²) in [7, 11) is 1.76. The first-order valence-corrected chi connectivity index (χ1v) is 7.95. The molecule has 1 saturated carbocycles. The van der Waals surface area contributed by atoms with Crippen LogP contribution in [0.25, 0.3) is 0 Å². The molecule has 0 aromatic carbocycles. The summed E-state index contributed by atoms with van der Waals surface area (Å²) < 4.78 is 5.83. The van der Waals surface area contributed by atoms with E-state index in [1.807, 2.05) is 12.1 Å². The lowest BCUT2D eigenvalue weighted by molar-refractivity contribution is 0.0769. The fourth-order valence-corrected chi connectivity index (χ4v) is 3.05. The Balaban J connectivity index is 1.63. The summed E-state index contributed by atoms with van der Waals surface area (Å²) in [5.41, 5.74) is 5.97. The minimum atomic E-state index is -0.108. The van der Waals surface area contributed by atoms with Crippen molar-refractivity contribution < 1.29 is 9.21 Å². The maximum Gasteiger partial charge on any atom is 0.273 e. The van der Waals surface area contributed by atoms with E-state index in [9.17, 15) is 4.79 Å². The lowest BCUT2D eigenvalue weighted by Gasteiger charge is -2.14. The largest absolute Gasteiger partial charge is 0.464 e. The molecule has 1 amide bonds. The van der Waals surface area contributed by atoms with E-state index >= 15 is 0 Å². The highest BCUT2D eigenvalue weighted by molar-refractivity contribution is 7.09. The highest BCUT2D eigenvalue weighted by Crippen LogP contribution is 2.47. The minimum Gasteiger partial charge on any atom is -0.464 e. The van der Waals surface area contributed by atoms with Gasteiger partial charge in [-0.15, -0.1) is 11.3 Å². The van der Waals surface area contributed by atoms with Crippen LogP contribution in [0.2, 0.25) is 0 Å². The lowest BCUT2D eigenvalue weighted by Crippen LogP contribution is -2.26. The molecule has 0 bridgehead atoms. The number of thiazole rings is 1. The SMILES string of the molecule is CC1CC1c1ccc(CN(C)C(=O)c2csc(CN)n2)o1. The van der Waals surface area contributed by atoms with Gasteiger partial charge in [0.2, 0.25) is 0 Å². The molecule has 3 rings (SSSR count). The number of carbonyl (C=O) groups is 1. The molecule has 6 heteroatoms. The van der Waals surface area contributed by atoms with Gasteiger partial charge in [0.15, 0.2) is 0 Å². The quantitative estimate of drug-likeness (QED) is 0.921. The topological polar surface area (TPSA) is 72.4 Å². The molecular weight excluding hydrogens is 286 g/mol. The normalized spacial score (nSPS) is 20.5. The summed E-state index contributed by atoms with van der Waals surface area (Å²) in [6, 6.07) is 3.98. The van der Waals surface area contributed by atoms with Crippen molar-refractivity contribution in [2.75, 3.05) is 7.05 Å². The van der Waals surface area contributed by atoms with Crippen molar-refractivity contribution in [3.8, 4) is 0 Å². The van der Waals surface area contributed by atoms with E-state index in [0.717, 1.165) is 16.5 Å². The predicted molar refractivity (Wildman–Crippen MR) is 81.0 cm³/mol. The van der Waals surface area contributed by atoms with Crippen molar-refractivity contribution in [2.45, 2.75) is 32.4 Å². The molecule has 1 aliphatic rings. The number of aromatic nitrogens is 1. The molecule has 2 unspecified atom stereocenters. The number of nitrogens with two attached hydrogens (primary N) is 1. The smallest absolute Gasteiger partial charge is 0.273 e. The van der Waals surface area contributed by atoms with E-state index in [0.29, 0.717) is 30.6 Å². The molecular formula is C15H19N3O2S. The third-order valence-electron chi connectivity index (χ3n) is 3.84. The zero-order valence-corrected chi connectivity index (χ0v) is 13.0. The number of nitrogens with zero attached hydrogens (tertiary/aromatic N) is 2. The first kappa shape index (κ1) is 14.3. The standard InChI is InChI=1S/C15H19N3O2S/c1-9-5-11(9)13-4-3-10(20-13)7-18(2)15(19)12-8-21-14(6-16)17-12/h3-4,8-9,11H,5-7,16H2,1-2H3. The molecule has 0 aliphatic heterocycles. The van der Waals surface area contributed by atoms with Crippen LogP contribution < -0.4 is 5.73 Å². The number of furan rings is 1. The highest BCUT2D eigenvalue weighted by atomic mass is 32.1. The third kappa shape index (κ3) is 3.01. The molecule has 0 saturated heterocycles. The van der Waals surface area contributed by atoms with Gasteiger partial charge < -0.3 is 15.1 Å². The second-order valence-corrected chi connectivity index (χ2v) is 6.56. The first-order chi connectivity index (χ1) is 10.1.